The maximum atomic E-state index is 13.3. The largest absolute Gasteiger partial charge is 0.406 e. The molecule has 0 saturated heterocycles. The molecule has 1 atom stereocenters. The van der Waals surface area contributed by atoms with Gasteiger partial charge < -0.3 is 15.2 Å². The van der Waals surface area contributed by atoms with E-state index >= 15 is 0 Å². The molecular formula is C26H31F3N4S. The molecular weight excluding hydrogens is 457 g/mol. The standard InChI is InChI=1S/C26H31F3N4S/c1-4-6-14-32-24-10-7-11-25-22(24)17-20(33(25)18-26(27,28)29)9-8-15-31-23-13-12-21(34(3)30)16-19(23)5-2/h7,10-13,16-17,31-32H,3-6,14-15,18,30H2,1-2H3. The van der Waals surface area contributed by atoms with E-state index in [1.807, 2.05) is 24.3 Å². The van der Waals surface area contributed by atoms with Gasteiger partial charge in [-0.15, -0.1) is 0 Å². The van der Waals surface area contributed by atoms with Gasteiger partial charge in [0.1, 0.15) is 6.54 Å². The van der Waals surface area contributed by atoms with Crippen molar-refractivity contribution in [3.63, 3.8) is 0 Å². The molecule has 34 heavy (non-hydrogen) atoms. The predicted octanol–water partition coefficient (Wildman–Crippen LogP) is 6.38. The molecule has 182 valence electrons. The molecule has 0 aliphatic carbocycles. The van der Waals surface area contributed by atoms with Crippen molar-refractivity contribution < 1.29 is 13.2 Å². The van der Waals surface area contributed by atoms with Gasteiger partial charge >= 0.3 is 6.18 Å². The number of nitrogens with zero attached hydrogens (tertiary/aromatic N) is 1. The minimum absolute atomic E-state index is 0.306. The summed E-state index contributed by atoms with van der Waals surface area (Å²) < 4.78 is 41.3. The first-order valence-corrected chi connectivity index (χ1v) is 12.8. The van der Waals surface area contributed by atoms with E-state index in [2.05, 4.69) is 42.2 Å². The van der Waals surface area contributed by atoms with E-state index in [0.29, 0.717) is 17.8 Å². The van der Waals surface area contributed by atoms with Crippen molar-refractivity contribution in [3.05, 3.63) is 53.7 Å². The summed E-state index contributed by atoms with van der Waals surface area (Å²) in [5, 5.41) is 13.2. The fraction of sp³-hybridized carbons (Fsp3) is 0.346. The van der Waals surface area contributed by atoms with Crippen molar-refractivity contribution in [2.24, 2.45) is 5.14 Å². The van der Waals surface area contributed by atoms with Crippen molar-refractivity contribution in [1.82, 2.24) is 4.57 Å². The average Bonchev–Trinajstić information content (AvgIpc) is 3.13. The van der Waals surface area contributed by atoms with E-state index in [1.165, 1.54) is 4.57 Å². The van der Waals surface area contributed by atoms with Crippen LogP contribution in [0.15, 0.2) is 47.4 Å². The lowest BCUT2D eigenvalue weighted by Gasteiger charge is -2.12. The lowest BCUT2D eigenvalue weighted by Crippen LogP contribution is -2.18. The Morgan fingerprint density at radius 3 is 2.56 bits per heavy atom. The van der Waals surface area contributed by atoms with Crippen LogP contribution >= 0.6 is 10.7 Å². The number of hydrogen-bond acceptors (Lipinski definition) is 3. The molecule has 1 heterocycles. The van der Waals surface area contributed by atoms with Crippen LogP contribution in [-0.2, 0) is 13.0 Å². The third-order valence-electron chi connectivity index (χ3n) is 5.47. The zero-order valence-corrected chi connectivity index (χ0v) is 20.4. The SMILES string of the molecule is C=S(N)c1ccc(NCC#Cc2cc3c(NCCCC)cccc3n2CC(F)(F)F)c(CC)c1. The normalized spacial score (nSPS) is 12.3. The highest BCUT2D eigenvalue weighted by atomic mass is 32.2. The molecule has 0 spiro atoms. The van der Waals surface area contributed by atoms with Crippen molar-refractivity contribution >= 4 is 38.8 Å². The first-order valence-electron chi connectivity index (χ1n) is 11.3. The van der Waals surface area contributed by atoms with Crippen LogP contribution in [0.25, 0.3) is 10.9 Å². The Bertz CT molecular complexity index is 1220. The fourth-order valence-corrected chi connectivity index (χ4v) is 4.30. The predicted molar refractivity (Wildman–Crippen MR) is 140 cm³/mol. The number of benzene rings is 2. The minimum atomic E-state index is -4.35. The summed E-state index contributed by atoms with van der Waals surface area (Å²) in [7, 11) is -0.561. The van der Waals surface area contributed by atoms with E-state index in [4.69, 9.17) is 5.14 Å². The van der Waals surface area contributed by atoms with Crippen LogP contribution in [0.1, 0.15) is 37.9 Å². The van der Waals surface area contributed by atoms with Crippen LogP contribution in [0, 0.1) is 11.8 Å². The Hall–Kier alpha value is -2.89. The zero-order chi connectivity index (χ0) is 24.7. The Balaban J connectivity index is 1.87. The van der Waals surface area contributed by atoms with E-state index in [0.717, 1.165) is 53.0 Å². The second-order valence-electron chi connectivity index (χ2n) is 8.01. The number of alkyl halides is 3. The van der Waals surface area contributed by atoms with Gasteiger partial charge in [-0.3, -0.25) is 5.14 Å². The Labute approximate surface area is 201 Å². The summed E-state index contributed by atoms with van der Waals surface area (Å²) in [5.74, 6) is 9.82. The molecule has 8 heteroatoms. The summed E-state index contributed by atoms with van der Waals surface area (Å²) in [6, 6.07) is 13.0. The number of aromatic nitrogens is 1. The molecule has 0 aliphatic rings. The number of halogens is 3. The summed E-state index contributed by atoms with van der Waals surface area (Å²) in [5.41, 5.74) is 3.72. The molecule has 3 aromatic rings. The highest BCUT2D eigenvalue weighted by Crippen LogP contribution is 2.30. The second-order valence-corrected chi connectivity index (χ2v) is 9.34. The highest BCUT2D eigenvalue weighted by Gasteiger charge is 2.29. The van der Waals surface area contributed by atoms with E-state index in [-0.39, 0.29) is 0 Å². The minimum Gasteiger partial charge on any atom is -0.384 e. The first kappa shape index (κ1) is 25.7. The topological polar surface area (TPSA) is 55.0 Å². The van der Waals surface area contributed by atoms with Gasteiger partial charge in [-0.25, -0.2) is 0 Å². The fourth-order valence-electron chi connectivity index (χ4n) is 3.76. The lowest BCUT2D eigenvalue weighted by atomic mass is 10.1. The van der Waals surface area contributed by atoms with Crippen molar-refractivity contribution in [2.75, 3.05) is 23.7 Å². The zero-order valence-electron chi connectivity index (χ0n) is 19.6. The number of fused-ring (bicyclic) bond motifs is 1. The molecule has 3 rings (SSSR count). The smallest absolute Gasteiger partial charge is 0.384 e. The van der Waals surface area contributed by atoms with Gasteiger partial charge in [0.25, 0.3) is 0 Å². The average molecular weight is 489 g/mol. The van der Waals surface area contributed by atoms with Gasteiger partial charge in [0.05, 0.1) is 17.8 Å². The number of rotatable bonds is 9. The third kappa shape index (κ3) is 6.58. The number of nitrogens with two attached hydrogens (primary N) is 1. The molecule has 0 radical (unpaired) electrons. The van der Waals surface area contributed by atoms with Gasteiger partial charge in [0.15, 0.2) is 0 Å². The van der Waals surface area contributed by atoms with Crippen molar-refractivity contribution in [1.29, 1.82) is 0 Å². The monoisotopic (exact) mass is 488 g/mol. The van der Waals surface area contributed by atoms with Gasteiger partial charge in [0, 0.05) is 28.2 Å². The molecule has 4 nitrogen and oxygen atoms in total. The molecule has 4 N–H and O–H groups in total. The number of anilines is 2. The van der Waals surface area contributed by atoms with Crippen LogP contribution in [-0.4, -0.2) is 29.7 Å². The second kappa shape index (κ2) is 11.5. The lowest BCUT2D eigenvalue weighted by molar-refractivity contribution is -0.140. The molecule has 0 amide bonds. The van der Waals surface area contributed by atoms with Gasteiger partial charge in [-0.1, -0.05) is 48.8 Å². The summed E-state index contributed by atoms with van der Waals surface area (Å²) in [6.45, 7) is 4.14. The summed E-state index contributed by atoms with van der Waals surface area (Å²) in [6.07, 6.45) is -1.51. The molecule has 1 unspecified atom stereocenters. The van der Waals surface area contributed by atoms with E-state index in [1.54, 1.807) is 18.2 Å². The summed E-state index contributed by atoms with van der Waals surface area (Å²) in [4.78, 5) is 0.980. The molecule has 0 fully saturated rings. The molecule has 1 aromatic heterocycles. The number of aryl methyl sites for hydroxylation is 1. The summed E-state index contributed by atoms with van der Waals surface area (Å²) >= 11 is 0. The van der Waals surface area contributed by atoms with Crippen LogP contribution in [0.3, 0.4) is 0 Å². The quantitative estimate of drug-likeness (QED) is 0.186. The highest BCUT2D eigenvalue weighted by molar-refractivity contribution is 8.12. The molecule has 0 bridgehead atoms. The Morgan fingerprint density at radius 1 is 1.09 bits per heavy atom. The Kier molecular flexibility index (Phi) is 8.70. The van der Waals surface area contributed by atoms with Gasteiger partial charge in [-0.05, 0) is 60.7 Å². The maximum Gasteiger partial charge on any atom is 0.406 e. The van der Waals surface area contributed by atoms with Crippen LogP contribution < -0.4 is 15.8 Å². The van der Waals surface area contributed by atoms with Crippen LogP contribution in [0.4, 0.5) is 24.5 Å². The molecule has 0 aliphatic heterocycles. The number of nitrogens with one attached hydrogen (secondary N) is 2. The Morgan fingerprint density at radius 2 is 1.88 bits per heavy atom. The third-order valence-corrected chi connectivity index (χ3v) is 6.33. The van der Waals surface area contributed by atoms with Crippen molar-refractivity contribution in [3.8, 4) is 11.8 Å². The van der Waals surface area contributed by atoms with Crippen LogP contribution in [0.5, 0.6) is 0 Å². The maximum absolute atomic E-state index is 13.3. The molecule has 2 aromatic carbocycles. The number of hydrogen-bond donors (Lipinski definition) is 3. The van der Waals surface area contributed by atoms with E-state index < -0.39 is 23.4 Å². The van der Waals surface area contributed by atoms with E-state index in [9.17, 15) is 13.2 Å². The van der Waals surface area contributed by atoms with Gasteiger partial charge in [0.2, 0.25) is 0 Å². The van der Waals surface area contributed by atoms with Gasteiger partial charge in [-0.2, -0.15) is 13.2 Å². The molecule has 0 saturated carbocycles. The van der Waals surface area contributed by atoms with Crippen molar-refractivity contribution in [2.45, 2.75) is 50.7 Å². The number of unbranched alkanes of at least 4 members (excludes halogenated alkanes) is 1. The first-order chi connectivity index (χ1) is 16.2. The van der Waals surface area contributed by atoms with Crippen LogP contribution in [0.2, 0.25) is 0 Å².